The normalized spacial score (nSPS) is 9.18. The second-order valence-corrected chi connectivity index (χ2v) is 2.72. The maximum Gasteiger partial charge on any atom is 0.279 e. The van der Waals surface area contributed by atoms with Gasteiger partial charge in [0.2, 0.25) is 0 Å². The van der Waals surface area contributed by atoms with Crippen LogP contribution in [0.25, 0.3) is 0 Å². The van der Waals surface area contributed by atoms with E-state index in [0.717, 1.165) is 6.32 Å². The second-order valence-electron chi connectivity index (χ2n) is 2.72. The van der Waals surface area contributed by atoms with Crippen LogP contribution in [0.15, 0.2) is 35.2 Å². The highest BCUT2D eigenvalue weighted by molar-refractivity contribution is 6.55. The predicted molar refractivity (Wildman–Crippen MR) is 51.3 cm³/mol. The van der Waals surface area contributed by atoms with Crippen molar-refractivity contribution in [1.29, 1.82) is 0 Å². The summed E-state index contributed by atoms with van der Waals surface area (Å²) in [5.41, 5.74) is 1.33. The minimum Gasteiger partial charge on any atom is -0.356 e. The van der Waals surface area contributed by atoms with Gasteiger partial charge in [-0.1, -0.05) is 42.7 Å². The van der Waals surface area contributed by atoms with Gasteiger partial charge in [0, 0.05) is 0 Å². The molecule has 0 N–H and O–H groups in total. The summed E-state index contributed by atoms with van der Waals surface area (Å²) in [5, 5.41) is 0. The zero-order chi connectivity index (χ0) is 8.10. The van der Waals surface area contributed by atoms with Gasteiger partial charge in [-0.2, -0.15) is 0 Å². The van der Waals surface area contributed by atoms with Crippen LogP contribution in [0, 0.1) is 0 Å². The third kappa shape index (κ3) is 2.58. The lowest BCUT2D eigenvalue weighted by molar-refractivity contribution is 1.34. The van der Waals surface area contributed by atoms with E-state index in [1.807, 2.05) is 18.2 Å². The van der Waals surface area contributed by atoms with Crippen molar-refractivity contribution in [3.8, 4) is 0 Å². The van der Waals surface area contributed by atoms with Crippen molar-refractivity contribution in [3.05, 3.63) is 35.9 Å². The molecule has 0 saturated carbocycles. The van der Waals surface area contributed by atoms with Crippen molar-refractivity contribution in [1.82, 2.24) is 0 Å². The smallest absolute Gasteiger partial charge is 0.279 e. The topological polar surface area (TPSA) is 12.4 Å². The van der Waals surface area contributed by atoms with E-state index >= 15 is 0 Å². The van der Waals surface area contributed by atoms with Gasteiger partial charge in [0.1, 0.15) is 0 Å². The van der Waals surface area contributed by atoms with Crippen molar-refractivity contribution < 1.29 is 0 Å². The van der Waals surface area contributed by atoms with Gasteiger partial charge >= 0.3 is 0 Å². The first-order valence-electron chi connectivity index (χ1n) is 3.82. The van der Waals surface area contributed by atoms with E-state index in [9.17, 15) is 0 Å². The summed E-state index contributed by atoms with van der Waals surface area (Å²) in [6.45, 7) is 5.91. The molecule has 0 aliphatic rings. The van der Waals surface area contributed by atoms with Gasteiger partial charge in [0.05, 0.1) is 0 Å². The first-order valence-corrected chi connectivity index (χ1v) is 3.82. The van der Waals surface area contributed by atoms with Crippen molar-refractivity contribution in [2.45, 2.75) is 13.1 Å². The Bertz CT molecular complexity index is 220. The van der Waals surface area contributed by atoms with Crippen LogP contribution in [-0.2, 0) is 6.32 Å². The fourth-order valence-corrected chi connectivity index (χ4v) is 1.02. The van der Waals surface area contributed by atoms with Gasteiger partial charge in [0.25, 0.3) is 6.85 Å². The molecule has 0 saturated heterocycles. The molecule has 0 radical (unpaired) electrons. The molecule has 0 aliphatic carbocycles. The summed E-state index contributed by atoms with van der Waals surface area (Å²) >= 11 is 0. The quantitative estimate of drug-likeness (QED) is 0.456. The molecule has 0 unspecified atom stereocenters. The van der Waals surface area contributed by atoms with E-state index < -0.39 is 0 Å². The molecule has 0 atom stereocenters. The Kier molecular flexibility index (Phi) is 2.90. The van der Waals surface area contributed by atoms with Crippen molar-refractivity contribution >= 4 is 13.6 Å². The SMILES string of the molecule is C=NB(C)Cc1ccccc1. The molecule has 0 amide bonds. The minimum atomic E-state index is 0.331. The van der Waals surface area contributed by atoms with E-state index in [1.165, 1.54) is 5.56 Å². The van der Waals surface area contributed by atoms with Crippen LogP contribution in [0.2, 0.25) is 6.82 Å². The Balaban J connectivity index is 2.57. The molecule has 0 fully saturated rings. The predicted octanol–water partition coefficient (Wildman–Crippen LogP) is 2.09. The lowest BCUT2D eigenvalue weighted by Crippen LogP contribution is -2.07. The van der Waals surface area contributed by atoms with Crippen LogP contribution >= 0.6 is 0 Å². The Morgan fingerprint density at radius 1 is 1.36 bits per heavy atom. The summed E-state index contributed by atoms with van der Waals surface area (Å²) in [7, 11) is 0. The third-order valence-corrected chi connectivity index (χ3v) is 1.69. The zero-order valence-corrected chi connectivity index (χ0v) is 6.83. The first kappa shape index (κ1) is 8.06. The molecule has 0 heterocycles. The van der Waals surface area contributed by atoms with Crippen molar-refractivity contribution in [3.63, 3.8) is 0 Å². The largest absolute Gasteiger partial charge is 0.356 e. The average molecular weight is 145 g/mol. The Morgan fingerprint density at radius 2 is 2.00 bits per heavy atom. The van der Waals surface area contributed by atoms with E-state index in [-0.39, 0.29) is 0 Å². The number of hydrogen-bond acceptors (Lipinski definition) is 1. The first-order chi connectivity index (χ1) is 5.33. The van der Waals surface area contributed by atoms with Crippen molar-refractivity contribution in [2.75, 3.05) is 0 Å². The number of benzene rings is 1. The monoisotopic (exact) mass is 145 g/mol. The van der Waals surface area contributed by atoms with Crippen LogP contribution in [0.3, 0.4) is 0 Å². The molecule has 1 rings (SSSR count). The lowest BCUT2D eigenvalue weighted by atomic mass is 9.61. The fraction of sp³-hybridized carbons (Fsp3) is 0.222. The second kappa shape index (κ2) is 3.96. The molecular weight excluding hydrogens is 133 g/mol. The molecule has 0 aromatic heterocycles. The van der Waals surface area contributed by atoms with E-state index in [1.54, 1.807) is 0 Å². The van der Waals surface area contributed by atoms with E-state index in [4.69, 9.17) is 0 Å². The highest BCUT2D eigenvalue weighted by Gasteiger charge is 2.03. The number of hydrogen-bond donors (Lipinski definition) is 0. The molecule has 1 aromatic carbocycles. The molecule has 2 heteroatoms. The number of nitrogens with zero attached hydrogens (tertiary/aromatic N) is 1. The van der Waals surface area contributed by atoms with Gasteiger partial charge in [-0.05, 0) is 13.0 Å². The van der Waals surface area contributed by atoms with E-state index in [2.05, 4.69) is 30.6 Å². The van der Waals surface area contributed by atoms with Gasteiger partial charge in [-0.15, -0.1) is 0 Å². The molecular formula is C9H12BN. The zero-order valence-electron chi connectivity index (χ0n) is 6.83. The molecule has 11 heavy (non-hydrogen) atoms. The van der Waals surface area contributed by atoms with Crippen molar-refractivity contribution in [2.24, 2.45) is 4.90 Å². The fourth-order valence-electron chi connectivity index (χ4n) is 1.02. The molecule has 0 bridgehead atoms. The lowest BCUT2D eigenvalue weighted by Gasteiger charge is -2.00. The van der Waals surface area contributed by atoms with Gasteiger partial charge < -0.3 is 4.90 Å². The summed E-state index contributed by atoms with van der Waals surface area (Å²) < 4.78 is 0. The molecule has 56 valence electrons. The van der Waals surface area contributed by atoms with Crippen LogP contribution in [-0.4, -0.2) is 13.6 Å². The molecule has 0 spiro atoms. The summed E-state index contributed by atoms with van der Waals surface area (Å²) in [6.07, 6.45) is 0.990. The highest BCUT2D eigenvalue weighted by Crippen LogP contribution is 2.01. The Labute approximate surface area is 68.3 Å². The minimum absolute atomic E-state index is 0.331. The van der Waals surface area contributed by atoms with Crippen LogP contribution in [0.4, 0.5) is 0 Å². The van der Waals surface area contributed by atoms with Crippen LogP contribution in [0.1, 0.15) is 5.56 Å². The molecule has 0 aliphatic heterocycles. The maximum atomic E-state index is 3.93. The third-order valence-electron chi connectivity index (χ3n) is 1.69. The summed E-state index contributed by atoms with van der Waals surface area (Å²) in [6, 6.07) is 10.3. The highest BCUT2D eigenvalue weighted by atomic mass is 14.6. The Hall–Kier alpha value is -1.05. The summed E-state index contributed by atoms with van der Waals surface area (Å²) in [5.74, 6) is 0. The van der Waals surface area contributed by atoms with Gasteiger partial charge in [-0.25, -0.2) is 0 Å². The summed E-state index contributed by atoms with van der Waals surface area (Å²) in [4.78, 5) is 3.93. The standard InChI is InChI=1S/C9H12BN/c1-10(11-2)8-9-6-4-3-5-7-9/h3-7H,2,8H2,1H3. The number of rotatable bonds is 3. The molecule has 1 aromatic rings. The van der Waals surface area contributed by atoms with Gasteiger partial charge in [-0.3, -0.25) is 0 Å². The maximum absolute atomic E-state index is 3.93. The van der Waals surface area contributed by atoms with Gasteiger partial charge in [0.15, 0.2) is 0 Å². The van der Waals surface area contributed by atoms with Crippen LogP contribution < -0.4 is 0 Å². The Morgan fingerprint density at radius 3 is 2.55 bits per heavy atom. The van der Waals surface area contributed by atoms with E-state index in [0.29, 0.717) is 6.85 Å². The van der Waals surface area contributed by atoms with Crippen LogP contribution in [0.5, 0.6) is 0 Å². The average Bonchev–Trinajstić information content (AvgIpc) is 2.06. The molecule has 1 nitrogen and oxygen atoms in total.